The molecule has 0 amide bonds. The van der Waals surface area contributed by atoms with Crippen molar-refractivity contribution in [3.63, 3.8) is 0 Å². The van der Waals surface area contributed by atoms with Gasteiger partial charge in [-0.3, -0.25) is 0 Å². The standard InChI is InChI=1S/C39H47ClN8O14/c1-5-6-11-31-41-35(40)32(46(31)19-24-12-14-25(15-13-24)27-9-7-8-10-28(27)36-42-44-45-43-36)37(49)59-23(2)60-38(50)61-30-22-57-33-29(21-56-34(30)33)55-17-16-39(3,4)18-26(62-48(53)54)20-58-47(51)52/h7-10,12-15,23,26,29-30,33-34H,5-6,11,16-22H2,1-4H3,(H,42,43,44,45)/t23?,26-,29+,30+,33?,34?/m1/s1. The molecule has 2 aliphatic rings. The molecule has 22 nitrogen and oxygen atoms in total. The summed E-state index contributed by atoms with van der Waals surface area (Å²) in [6, 6.07) is 15.5. The van der Waals surface area contributed by atoms with Gasteiger partial charge in [0.15, 0.2) is 17.0 Å². The van der Waals surface area contributed by atoms with E-state index < -0.39 is 71.1 Å². The quantitative estimate of drug-likeness (QED) is 0.0437. The highest BCUT2D eigenvalue weighted by Crippen LogP contribution is 2.34. The Bertz CT molecular complexity index is 2150. The number of esters is 1. The molecule has 6 atom stereocenters. The molecule has 4 aromatic rings. The second-order valence-corrected chi connectivity index (χ2v) is 15.8. The van der Waals surface area contributed by atoms with Crippen LogP contribution in [0.5, 0.6) is 0 Å². The smallest absolute Gasteiger partial charge is 0.426 e. The molecule has 334 valence electrons. The molecule has 1 N–H and O–H groups in total. The van der Waals surface area contributed by atoms with Crippen molar-refractivity contribution < 1.29 is 57.9 Å². The first-order valence-electron chi connectivity index (χ1n) is 19.9. The number of unbranched alkanes of at least 4 members (excludes halogenated alkanes) is 1. The molecule has 0 spiro atoms. The summed E-state index contributed by atoms with van der Waals surface area (Å²) in [5.41, 5.74) is 2.92. The molecule has 6 rings (SSSR count). The van der Waals surface area contributed by atoms with Gasteiger partial charge in [-0.2, -0.15) is 5.21 Å². The van der Waals surface area contributed by atoms with E-state index >= 15 is 0 Å². The minimum absolute atomic E-state index is 0.00232. The number of aryl methyl sites for hydroxylation is 1. The van der Waals surface area contributed by atoms with Gasteiger partial charge >= 0.3 is 12.1 Å². The number of H-pyrrole nitrogens is 1. The molecule has 2 aromatic carbocycles. The molecule has 0 radical (unpaired) electrons. The summed E-state index contributed by atoms with van der Waals surface area (Å²) in [6.07, 6.45) is -3.54. The second kappa shape index (κ2) is 20.7. The molecule has 2 aliphatic heterocycles. The van der Waals surface area contributed by atoms with Crippen LogP contribution in [0.2, 0.25) is 5.15 Å². The number of nitrogens with zero attached hydrogens (tertiary/aromatic N) is 7. The van der Waals surface area contributed by atoms with Crippen LogP contribution in [0, 0.1) is 25.6 Å². The number of aromatic nitrogens is 6. The fraction of sp³-hybridized carbons (Fsp3) is 0.538. The lowest BCUT2D eigenvalue weighted by Crippen LogP contribution is -2.36. The number of hydrogen-bond donors (Lipinski definition) is 1. The molecule has 2 saturated heterocycles. The Morgan fingerprint density at radius 1 is 1.02 bits per heavy atom. The van der Waals surface area contributed by atoms with Gasteiger partial charge in [0.25, 0.3) is 10.2 Å². The second-order valence-electron chi connectivity index (χ2n) is 15.4. The van der Waals surface area contributed by atoms with Crippen molar-refractivity contribution in [1.29, 1.82) is 0 Å². The normalized spacial score (nSPS) is 19.3. The number of fused-ring (bicyclic) bond motifs is 1. The summed E-state index contributed by atoms with van der Waals surface area (Å²) in [5, 5.41) is 33.8. The molecule has 4 heterocycles. The first kappa shape index (κ1) is 45.6. The van der Waals surface area contributed by atoms with Crippen molar-refractivity contribution in [2.75, 3.05) is 26.4 Å². The van der Waals surface area contributed by atoms with E-state index in [0.29, 0.717) is 24.5 Å². The molecule has 0 aliphatic carbocycles. The predicted octanol–water partition coefficient (Wildman–Crippen LogP) is 5.57. The summed E-state index contributed by atoms with van der Waals surface area (Å²) >= 11 is 6.56. The van der Waals surface area contributed by atoms with Crippen LogP contribution >= 0.6 is 11.6 Å². The third-order valence-corrected chi connectivity index (χ3v) is 10.6. The lowest BCUT2D eigenvalue weighted by Gasteiger charge is -2.29. The van der Waals surface area contributed by atoms with Gasteiger partial charge in [-0.15, -0.1) is 30.4 Å². The lowest BCUT2D eigenvalue weighted by molar-refractivity contribution is -0.790. The topological polar surface area (TPSA) is 267 Å². The van der Waals surface area contributed by atoms with Gasteiger partial charge in [-0.05, 0) is 46.6 Å². The lowest BCUT2D eigenvalue weighted by atomic mass is 9.84. The zero-order chi connectivity index (χ0) is 44.4. The van der Waals surface area contributed by atoms with Crippen LogP contribution in [-0.2, 0) is 51.1 Å². The van der Waals surface area contributed by atoms with Gasteiger partial charge < -0.3 is 42.7 Å². The average molecular weight is 887 g/mol. The summed E-state index contributed by atoms with van der Waals surface area (Å²) < 4.78 is 35.8. The van der Waals surface area contributed by atoms with E-state index in [0.717, 1.165) is 35.1 Å². The first-order chi connectivity index (χ1) is 29.7. The predicted molar refractivity (Wildman–Crippen MR) is 213 cm³/mol. The Labute approximate surface area is 359 Å². The van der Waals surface area contributed by atoms with Gasteiger partial charge in [0, 0.05) is 32.1 Å². The van der Waals surface area contributed by atoms with E-state index in [9.17, 15) is 29.8 Å². The Balaban J connectivity index is 1.01. The Morgan fingerprint density at radius 3 is 2.40 bits per heavy atom. The molecule has 2 aromatic heterocycles. The van der Waals surface area contributed by atoms with E-state index in [4.69, 9.17) is 40.0 Å². The average Bonchev–Trinajstić information content (AvgIpc) is 4.03. The van der Waals surface area contributed by atoms with Gasteiger partial charge in [0.2, 0.25) is 12.1 Å². The van der Waals surface area contributed by atoms with Crippen LogP contribution in [0.15, 0.2) is 48.5 Å². The maximum Gasteiger partial charge on any atom is 0.511 e. The molecule has 0 saturated carbocycles. The summed E-state index contributed by atoms with van der Waals surface area (Å²) in [5.74, 6) is 0.211. The third kappa shape index (κ3) is 11.9. The fourth-order valence-electron chi connectivity index (χ4n) is 7.32. The third-order valence-electron chi connectivity index (χ3n) is 10.3. The summed E-state index contributed by atoms with van der Waals surface area (Å²) in [6.45, 7) is 6.99. The van der Waals surface area contributed by atoms with Crippen LogP contribution < -0.4 is 0 Å². The number of halogens is 1. The number of aromatic amines is 1. The molecule has 2 fully saturated rings. The molecule has 0 bridgehead atoms. The number of hydrogen-bond acceptors (Lipinski definition) is 18. The van der Waals surface area contributed by atoms with Gasteiger partial charge in [0.1, 0.15) is 36.8 Å². The van der Waals surface area contributed by atoms with Crippen LogP contribution in [0.1, 0.15) is 75.3 Å². The van der Waals surface area contributed by atoms with Gasteiger partial charge in [-0.1, -0.05) is 87.3 Å². The van der Waals surface area contributed by atoms with Crippen LogP contribution in [-0.4, -0.2) is 116 Å². The minimum atomic E-state index is -1.38. The van der Waals surface area contributed by atoms with Crippen molar-refractivity contribution in [3.05, 3.63) is 91.0 Å². The Hall–Kier alpha value is -5.97. The highest BCUT2D eigenvalue weighted by molar-refractivity contribution is 6.32. The highest BCUT2D eigenvalue weighted by Gasteiger charge is 2.50. The maximum absolute atomic E-state index is 13.6. The van der Waals surface area contributed by atoms with Crippen molar-refractivity contribution in [1.82, 2.24) is 30.2 Å². The number of imidazole rings is 1. The molecule has 3 unspecified atom stereocenters. The van der Waals surface area contributed by atoms with E-state index in [1.807, 2.05) is 69.3 Å². The van der Waals surface area contributed by atoms with Crippen LogP contribution in [0.25, 0.3) is 22.5 Å². The molecule has 62 heavy (non-hydrogen) atoms. The zero-order valence-corrected chi connectivity index (χ0v) is 35.1. The van der Waals surface area contributed by atoms with E-state index in [2.05, 4.69) is 35.3 Å². The number of ether oxygens (including phenoxy) is 6. The van der Waals surface area contributed by atoms with Crippen molar-refractivity contribution in [2.45, 2.75) is 103 Å². The number of carbonyl (C=O) groups excluding carboxylic acids is 2. The maximum atomic E-state index is 13.6. The van der Waals surface area contributed by atoms with E-state index in [-0.39, 0.29) is 43.6 Å². The number of carbonyl (C=O) groups is 2. The van der Waals surface area contributed by atoms with E-state index in [1.54, 1.807) is 4.57 Å². The minimum Gasteiger partial charge on any atom is -0.426 e. The SMILES string of the molecule is CCCCc1nc(Cl)c(C(=O)OC(C)OC(=O)O[C@H]2COC3C2OC[C@@H]3OCCC(C)(C)C[C@H](CO[N+](=O)[O-])O[N+](=O)[O-])n1Cc1ccc(-c2ccccc2-c2nn[nH]n2)cc1. The number of nitrogens with one attached hydrogen (secondary N) is 1. The van der Waals surface area contributed by atoms with Crippen molar-refractivity contribution >= 4 is 23.7 Å². The monoisotopic (exact) mass is 886 g/mol. The van der Waals surface area contributed by atoms with Crippen molar-refractivity contribution in [3.8, 4) is 22.5 Å². The van der Waals surface area contributed by atoms with Gasteiger partial charge in [-0.25, -0.2) is 14.6 Å². The zero-order valence-electron chi connectivity index (χ0n) is 34.4. The van der Waals surface area contributed by atoms with E-state index in [1.165, 1.54) is 6.92 Å². The first-order valence-corrected chi connectivity index (χ1v) is 20.3. The summed E-state index contributed by atoms with van der Waals surface area (Å²) in [7, 11) is 0. The fourth-order valence-corrected chi connectivity index (χ4v) is 7.60. The van der Waals surface area contributed by atoms with Crippen molar-refractivity contribution in [2.24, 2.45) is 5.41 Å². The van der Waals surface area contributed by atoms with Crippen LogP contribution in [0.3, 0.4) is 0 Å². The summed E-state index contributed by atoms with van der Waals surface area (Å²) in [4.78, 5) is 61.4. The largest absolute Gasteiger partial charge is 0.511 e. The van der Waals surface area contributed by atoms with Crippen LogP contribution in [0.4, 0.5) is 4.79 Å². The Kier molecular flexibility index (Phi) is 15.2. The number of tetrazole rings is 1. The number of rotatable bonds is 22. The molecular weight excluding hydrogens is 840 g/mol. The number of benzene rings is 2. The Morgan fingerprint density at radius 2 is 1.73 bits per heavy atom. The molecular formula is C39H47ClN8O14. The highest BCUT2D eigenvalue weighted by atomic mass is 35.5. The van der Waals surface area contributed by atoms with Gasteiger partial charge in [0.05, 0.1) is 13.2 Å². The molecule has 23 heteroatoms.